The topological polar surface area (TPSA) is 69.6 Å². The third-order valence-corrected chi connectivity index (χ3v) is 4.05. The molecule has 1 aromatic rings. The average Bonchev–Trinajstić information content (AvgIpc) is 2.76. The summed E-state index contributed by atoms with van der Waals surface area (Å²) in [5.41, 5.74) is 1.54. The summed E-state index contributed by atoms with van der Waals surface area (Å²) >= 11 is 6.00. The molecule has 5 nitrogen and oxygen atoms in total. The maximum Gasteiger partial charge on any atom is 0.321 e. The van der Waals surface area contributed by atoms with Gasteiger partial charge in [-0.2, -0.15) is 0 Å². The number of aliphatic carboxylic acids is 1. The zero-order valence-corrected chi connectivity index (χ0v) is 12.1. The predicted molar refractivity (Wildman–Crippen MR) is 77.1 cm³/mol. The minimum Gasteiger partial charge on any atom is -0.481 e. The molecule has 1 saturated heterocycles. The number of rotatable bonds is 2. The van der Waals surface area contributed by atoms with E-state index in [1.807, 2.05) is 19.9 Å². The fourth-order valence-electron chi connectivity index (χ4n) is 2.33. The number of amides is 2. The number of nitrogens with one attached hydrogen (secondary N) is 1. The number of carboxylic acid groups (broad SMARTS) is 1. The lowest BCUT2D eigenvalue weighted by atomic mass is 9.99. The van der Waals surface area contributed by atoms with E-state index in [2.05, 4.69) is 5.32 Å². The molecular formula is C14H17ClN2O3. The first-order valence-corrected chi connectivity index (χ1v) is 6.81. The molecule has 0 unspecified atom stereocenters. The summed E-state index contributed by atoms with van der Waals surface area (Å²) in [6, 6.07) is 4.99. The van der Waals surface area contributed by atoms with Crippen LogP contribution in [0.15, 0.2) is 18.2 Å². The lowest BCUT2D eigenvalue weighted by Gasteiger charge is -2.17. The average molecular weight is 297 g/mol. The molecule has 1 heterocycles. The molecule has 1 fully saturated rings. The molecule has 0 radical (unpaired) electrons. The maximum atomic E-state index is 12.1. The number of urea groups is 1. The molecule has 2 atom stereocenters. The number of hydrogen-bond donors (Lipinski definition) is 2. The van der Waals surface area contributed by atoms with Crippen LogP contribution < -0.4 is 5.32 Å². The molecule has 2 N–H and O–H groups in total. The third kappa shape index (κ3) is 3.04. The summed E-state index contributed by atoms with van der Waals surface area (Å²) in [5, 5.41) is 12.4. The van der Waals surface area contributed by atoms with Gasteiger partial charge in [0.15, 0.2) is 0 Å². The summed E-state index contributed by atoms with van der Waals surface area (Å²) in [4.78, 5) is 24.7. The van der Waals surface area contributed by atoms with Gasteiger partial charge in [0.25, 0.3) is 0 Å². The van der Waals surface area contributed by atoms with Gasteiger partial charge in [0, 0.05) is 23.8 Å². The van der Waals surface area contributed by atoms with Crippen molar-refractivity contribution < 1.29 is 14.7 Å². The van der Waals surface area contributed by atoms with Crippen LogP contribution >= 0.6 is 11.6 Å². The molecule has 6 heteroatoms. The number of aryl methyl sites for hydroxylation is 1. The van der Waals surface area contributed by atoms with E-state index in [1.165, 1.54) is 4.90 Å². The molecule has 0 spiro atoms. The van der Waals surface area contributed by atoms with Crippen molar-refractivity contribution in [3.05, 3.63) is 28.8 Å². The van der Waals surface area contributed by atoms with Crippen molar-refractivity contribution in [3.63, 3.8) is 0 Å². The maximum absolute atomic E-state index is 12.1. The van der Waals surface area contributed by atoms with Crippen LogP contribution in [-0.4, -0.2) is 35.1 Å². The first-order valence-electron chi connectivity index (χ1n) is 6.43. The van der Waals surface area contributed by atoms with Crippen LogP contribution in [-0.2, 0) is 4.79 Å². The van der Waals surface area contributed by atoms with Crippen LogP contribution in [0.25, 0.3) is 0 Å². The molecule has 0 aromatic heterocycles. The number of carbonyl (C=O) groups excluding carboxylic acids is 1. The molecule has 2 rings (SSSR count). The lowest BCUT2D eigenvalue weighted by molar-refractivity contribution is -0.142. The standard InChI is InChI=1S/C14H17ClN2O3/c1-8-3-4-10(5-12(8)15)16-14(20)17-6-9(2)11(7-17)13(18)19/h3-5,9,11H,6-7H2,1-2H3,(H,16,20)(H,18,19)/t9-,11-/m1/s1. The Morgan fingerprint density at radius 1 is 1.40 bits per heavy atom. The zero-order chi connectivity index (χ0) is 14.9. The Morgan fingerprint density at radius 2 is 2.10 bits per heavy atom. The Hall–Kier alpha value is -1.75. The first-order chi connectivity index (χ1) is 9.38. The largest absolute Gasteiger partial charge is 0.481 e. The number of benzene rings is 1. The third-order valence-electron chi connectivity index (χ3n) is 3.64. The van der Waals surface area contributed by atoms with Crippen molar-refractivity contribution in [2.75, 3.05) is 18.4 Å². The number of carbonyl (C=O) groups is 2. The Bertz CT molecular complexity index is 547. The van der Waals surface area contributed by atoms with Gasteiger partial charge in [0.05, 0.1) is 5.92 Å². The Balaban J connectivity index is 2.02. The summed E-state index contributed by atoms with van der Waals surface area (Å²) in [6.07, 6.45) is 0. The second kappa shape index (κ2) is 5.71. The van der Waals surface area contributed by atoms with E-state index in [0.717, 1.165) is 5.56 Å². The highest BCUT2D eigenvalue weighted by Gasteiger charge is 2.36. The molecular weight excluding hydrogens is 280 g/mol. The van der Waals surface area contributed by atoms with Gasteiger partial charge in [-0.1, -0.05) is 24.6 Å². The van der Waals surface area contributed by atoms with Crippen LogP contribution in [0, 0.1) is 18.8 Å². The minimum absolute atomic E-state index is 0.0418. The number of anilines is 1. The van der Waals surface area contributed by atoms with E-state index in [-0.39, 0.29) is 18.5 Å². The molecule has 0 saturated carbocycles. The van der Waals surface area contributed by atoms with Gasteiger partial charge in [-0.25, -0.2) is 4.79 Å². The summed E-state index contributed by atoms with van der Waals surface area (Å²) in [6.45, 7) is 4.41. The fourth-order valence-corrected chi connectivity index (χ4v) is 2.51. The van der Waals surface area contributed by atoms with Crippen molar-refractivity contribution in [1.29, 1.82) is 0 Å². The van der Waals surface area contributed by atoms with E-state index in [0.29, 0.717) is 17.3 Å². The van der Waals surface area contributed by atoms with Gasteiger partial charge in [-0.15, -0.1) is 0 Å². The smallest absolute Gasteiger partial charge is 0.321 e. The summed E-state index contributed by atoms with van der Waals surface area (Å²) in [5.74, 6) is -1.40. The summed E-state index contributed by atoms with van der Waals surface area (Å²) < 4.78 is 0. The second-order valence-electron chi connectivity index (χ2n) is 5.22. The highest BCUT2D eigenvalue weighted by atomic mass is 35.5. The predicted octanol–water partition coefficient (Wildman–Crippen LogP) is 2.83. The van der Waals surface area contributed by atoms with Gasteiger partial charge in [-0.05, 0) is 30.5 Å². The number of halogens is 1. The van der Waals surface area contributed by atoms with E-state index in [9.17, 15) is 9.59 Å². The SMILES string of the molecule is Cc1ccc(NC(=O)N2C[C@@H](C)[C@H](C(=O)O)C2)cc1Cl. The zero-order valence-electron chi connectivity index (χ0n) is 11.4. The number of hydrogen-bond acceptors (Lipinski definition) is 2. The molecule has 1 aliphatic heterocycles. The molecule has 20 heavy (non-hydrogen) atoms. The molecule has 2 amide bonds. The molecule has 1 aromatic carbocycles. The van der Waals surface area contributed by atoms with Gasteiger partial charge >= 0.3 is 12.0 Å². The Labute approximate surface area is 122 Å². The van der Waals surface area contributed by atoms with Crippen molar-refractivity contribution in [3.8, 4) is 0 Å². The van der Waals surface area contributed by atoms with Crippen molar-refractivity contribution in [2.24, 2.45) is 11.8 Å². The number of nitrogens with zero attached hydrogens (tertiary/aromatic N) is 1. The van der Waals surface area contributed by atoms with Crippen molar-refractivity contribution >= 4 is 29.3 Å². The van der Waals surface area contributed by atoms with Crippen LogP contribution in [0.1, 0.15) is 12.5 Å². The fraction of sp³-hybridized carbons (Fsp3) is 0.429. The number of likely N-dealkylation sites (tertiary alicyclic amines) is 1. The Morgan fingerprint density at radius 3 is 2.65 bits per heavy atom. The quantitative estimate of drug-likeness (QED) is 0.881. The van der Waals surface area contributed by atoms with Crippen LogP contribution in [0.3, 0.4) is 0 Å². The van der Waals surface area contributed by atoms with E-state index >= 15 is 0 Å². The van der Waals surface area contributed by atoms with E-state index < -0.39 is 11.9 Å². The summed E-state index contributed by atoms with van der Waals surface area (Å²) in [7, 11) is 0. The van der Waals surface area contributed by atoms with Gasteiger partial charge < -0.3 is 15.3 Å². The highest BCUT2D eigenvalue weighted by molar-refractivity contribution is 6.31. The number of carboxylic acids is 1. The highest BCUT2D eigenvalue weighted by Crippen LogP contribution is 2.25. The molecule has 1 aliphatic rings. The van der Waals surface area contributed by atoms with Gasteiger partial charge in [0.2, 0.25) is 0 Å². The van der Waals surface area contributed by atoms with Crippen molar-refractivity contribution in [1.82, 2.24) is 4.90 Å². The van der Waals surface area contributed by atoms with Gasteiger partial charge in [-0.3, -0.25) is 4.79 Å². The second-order valence-corrected chi connectivity index (χ2v) is 5.63. The normalized spacial score (nSPS) is 21.9. The minimum atomic E-state index is -0.855. The van der Waals surface area contributed by atoms with Crippen LogP contribution in [0.2, 0.25) is 5.02 Å². The van der Waals surface area contributed by atoms with Crippen LogP contribution in [0.5, 0.6) is 0 Å². The van der Waals surface area contributed by atoms with Crippen molar-refractivity contribution in [2.45, 2.75) is 13.8 Å². The van der Waals surface area contributed by atoms with E-state index in [4.69, 9.17) is 16.7 Å². The first kappa shape index (κ1) is 14.7. The van der Waals surface area contributed by atoms with Gasteiger partial charge in [0.1, 0.15) is 0 Å². The van der Waals surface area contributed by atoms with Crippen LogP contribution in [0.4, 0.5) is 10.5 Å². The molecule has 108 valence electrons. The molecule has 0 aliphatic carbocycles. The monoisotopic (exact) mass is 296 g/mol. The lowest BCUT2D eigenvalue weighted by Crippen LogP contribution is -2.33. The Kier molecular flexibility index (Phi) is 4.18. The van der Waals surface area contributed by atoms with E-state index in [1.54, 1.807) is 12.1 Å². The molecule has 0 bridgehead atoms.